The summed E-state index contributed by atoms with van der Waals surface area (Å²) in [7, 11) is 0. The first-order chi connectivity index (χ1) is 10.9. The molecule has 0 bridgehead atoms. The maximum atomic E-state index is 11.8. The van der Waals surface area contributed by atoms with Crippen LogP contribution in [0.4, 0.5) is 5.82 Å². The number of piperidine rings is 1. The summed E-state index contributed by atoms with van der Waals surface area (Å²) >= 11 is 7.45. The summed E-state index contributed by atoms with van der Waals surface area (Å²) in [5, 5.41) is 3.88. The average Bonchev–Trinajstić information content (AvgIpc) is 2.51. The third-order valence-electron chi connectivity index (χ3n) is 3.81. The van der Waals surface area contributed by atoms with Crippen molar-refractivity contribution in [1.29, 1.82) is 0 Å². The number of nitrogens with zero attached hydrogens (tertiary/aromatic N) is 3. The molecule has 1 aromatic rings. The predicted molar refractivity (Wildman–Crippen MR) is 96.2 cm³/mol. The molecule has 0 aliphatic carbocycles. The van der Waals surface area contributed by atoms with Crippen LogP contribution in [0.25, 0.3) is 0 Å². The maximum Gasteiger partial charge on any atom is 0.230 e. The van der Waals surface area contributed by atoms with E-state index in [9.17, 15) is 4.79 Å². The molecule has 1 fully saturated rings. The van der Waals surface area contributed by atoms with Crippen molar-refractivity contribution in [2.45, 2.75) is 38.8 Å². The van der Waals surface area contributed by atoms with E-state index >= 15 is 0 Å². The van der Waals surface area contributed by atoms with Crippen LogP contribution in [0.2, 0.25) is 5.15 Å². The van der Waals surface area contributed by atoms with Gasteiger partial charge in [0.15, 0.2) is 5.16 Å². The topological polar surface area (TPSA) is 58.1 Å². The van der Waals surface area contributed by atoms with Crippen LogP contribution in [0.15, 0.2) is 11.2 Å². The van der Waals surface area contributed by atoms with Crippen LogP contribution in [0.5, 0.6) is 0 Å². The quantitative estimate of drug-likeness (QED) is 0.481. The number of rotatable bonds is 6. The molecule has 23 heavy (non-hydrogen) atoms. The Morgan fingerprint density at radius 1 is 1.43 bits per heavy atom. The highest BCUT2D eigenvalue weighted by Gasteiger charge is 2.18. The van der Waals surface area contributed by atoms with Gasteiger partial charge in [-0.3, -0.25) is 4.79 Å². The zero-order valence-electron chi connectivity index (χ0n) is 14.0. The van der Waals surface area contributed by atoms with Gasteiger partial charge in [0.1, 0.15) is 11.0 Å². The summed E-state index contributed by atoms with van der Waals surface area (Å²) < 4.78 is 0. The van der Waals surface area contributed by atoms with Gasteiger partial charge in [0.2, 0.25) is 5.91 Å². The van der Waals surface area contributed by atoms with Crippen LogP contribution >= 0.6 is 23.4 Å². The summed E-state index contributed by atoms with van der Waals surface area (Å²) in [5.74, 6) is 2.38. The molecule has 0 radical (unpaired) electrons. The lowest BCUT2D eigenvalue weighted by molar-refractivity contribution is -0.118. The molecule has 0 aromatic carbocycles. The average molecular weight is 357 g/mol. The fourth-order valence-electron chi connectivity index (χ4n) is 2.35. The first-order valence-electron chi connectivity index (χ1n) is 8.13. The van der Waals surface area contributed by atoms with Crippen LogP contribution in [0.3, 0.4) is 0 Å². The Morgan fingerprint density at radius 2 is 2.13 bits per heavy atom. The molecular weight excluding hydrogens is 332 g/mol. The van der Waals surface area contributed by atoms with E-state index in [1.807, 2.05) is 0 Å². The highest BCUT2D eigenvalue weighted by molar-refractivity contribution is 7.99. The Kier molecular flexibility index (Phi) is 6.96. The molecule has 1 amide bonds. The predicted octanol–water partition coefficient (Wildman–Crippen LogP) is 3.23. The van der Waals surface area contributed by atoms with E-state index in [4.69, 9.17) is 11.6 Å². The summed E-state index contributed by atoms with van der Waals surface area (Å²) in [6.45, 7) is 9.09. The number of anilines is 1. The zero-order valence-corrected chi connectivity index (χ0v) is 15.6. The van der Waals surface area contributed by atoms with Gasteiger partial charge >= 0.3 is 0 Å². The summed E-state index contributed by atoms with van der Waals surface area (Å²) in [4.78, 5) is 22.8. The number of carbonyl (C=O) groups excluding carboxylic acids is 1. The largest absolute Gasteiger partial charge is 0.356 e. The number of nitrogens with one attached hydrogen (secondary N) is 1. The van der Waals surface area contributed by atoms with Gasteiger partial charge in [-0.15, -0.1) is 0 Å². The summed E-state index contributed by atoms with van der Waals surface area (Å²) in [6.07, 6.45) is 2.34. The van der Waals surface area contributed by atoms with E-state index in [0.29, 0.717) is 28.5 Å². The van der Waals surface area contributed by atoms with Crippen LogP contribution in [-0.4, -0.2) is 41.3 Å². The Bertz CT molecular complexity index is 533. The number of hydrogen-bond donors (Lipinski definition) is 1. The van der Waals surface area contributed by atoms with E-state index in [0.717, 1.165) is 24.8 Å². The standard InChI is InChI=1S/C16H25ClN4OS/c1-11(2)9-18-15(22)10-23-16-19-13(17)8-14(20-16)21-6-4-12(3)5-7-21/h8,11-12H,4-7,9-10H2,1-3H3,(H,18,22). The fraction of sp³-hybridized carbons (Fsp3) is 0.688. The molecule has 1 aliphatic heterocycles. The van der Waals surface area contributed by atoms with Crippen molar-refractivity contribution in [3.63, 3.8) is 0 Å². The van der Waals surface area contributed by atoms with Gasteiger partial charge < -0.3 is 10.2 Å². The molecule has 0 atom stereocenters. The van der Waals surface area contributed by atoms with Crippen molar-refractivity contribution in [3.05, 3.63) is 11.2 Å². The summed E-state index contributed by atoms with van der Waals surface area (Å²) in [6, 6.07) is 1.81. The monoisotopic (exact) mass is 356 g/mol. The second kappa shape index (κ2) is 8.73. The number of thioether (sulfide) groups is 1. The van der Waals surface area contributed by atoms with Gasteiger partial charge in [0.05, 0.1) is 5.75 Å². The molecule has 5 nitrogen and oxygen atoms in total. The molecule has 2 heterocycles. The van der Waals surface area contributed by atoms with Gasteiger partial charge in [0.25, 0.3) is 0 Å². The zero-order chi connectivity index (χ0) is 16.8. The minimum atomic E-state index is 0.000577. The van der Waals surface area contributed by atoms with Crippen molar-refractivity contribution in [3.8, 4) is 0 Å². The molecule has 1 aliphatic rings. The Morgan fingerprint density at radius 3 is 2.78 bits per heavy atom. The van der Waals surface area contributed by atoms with Crippen molar-refractivity contribution in [2.75, 3.05) is 30.3 Å². The lowest BCUT2D eigenvalue weighted by Gasteiger charge is -2.31. The molecule has 1 N–H and O–H groups in total. The molecule has 2 rings (SSSR count). The molecule has 7 heteroatoms. The van der Waals surface area contributed by atoms with E-state index in [2.05, 4.69) is 41.0 Å². The lowest BCUT2D eigenvalue weighted by Crippen LogP contribution is -2.33. The second-order valence-corrected chi connectivity index (χ2v) is 7.82. The number of hydrogen-bond acceptors (Lipinski definition) is 5. The van der Waals surface area contributed by atoms with Gasteiger partial charge in [-0.2, -0.15) is 0 Å². The Hall–Kier alpha value is -1.01. The number of carbonyl (C=O) groups is 1. The fourth-order valence-corrected chi connectivity index (χ4v) is 3.26. The third-order valence-corrected chi connectivity index (χ3v) is 4.85. The van der Waals surface area contributed by atoms with E-state index in [1.165, 1.54) is 24.6 Å². The SMILES string of the molecule is CC(C)CNC(=O)CSc1nc(Cl)cc(N2CCC(C)CC2)n1. The van der Waals surface area contributed by atoms with Crippen molar-refractivity contribution in [2.24, 2.45) is 11.8 Å². The van der Waals surface area contributed by atoms with Gasteiger partial charge in [-0.25, -0.2) is 9.97 Å². The minimum Gasteiger partial charge on any atom is -0.356 e. The molecular formula is C16H25ClN4OS. The molecule has 1 aromatic heterocycles. The molecule has 0 spiro atoms. The van der Waals surface area contributed by atoms with Gasteiger partial charge in [-0.1, -0.05) is 44.1 Å². The molecule has 0 unspecified atom stereocenters. The minimum absolute atomic E-state index is 0.000577. The van der Waals surface area contributed by atoms with Crippen LogP contribution in [0, 0.1) is 11.8 Å². The van der Waals surface area contributed by atoms with Crippen molar-refractivity contribution < 1.29 is 4.79 Å². The molecule has 1 saturated heterocycles. The number of aromatic nitrogens is 2. The molecule has 128 valence electrons. The number of halogens is 1. The summed E-state index contributed by atoms with van der Waals surface area (Å²) in [5.41, 5.74) is 0. The highest BCUT2D eigenvalue weighted by Crippen LogP contribution is 2.25. The van der Waals surface area contributed by atoms with Gasteiger partial charge in [-0.05, 0) is 24.7 Å². The Labute approximate surface area is 147 Å². The van der Waals surface area contributed by atoms with Crippen LogP contribution < -0.4 is 10.2 Å². The Balaban J connectivity index is 1.93. The van der Waals surface area contributed by atoms with E-state index in [-0.39, 0.29) is 5.91 Å². The maximum absolute atomic E-state index is 11.8. The smallest absolute Gasteiger partial charge is 0.230 e. The normalized spacial score (nSPS) is 16.0. The second-order valence-electron chi connectivity index (χ2n) is 6.49. The first kappa shape index (κ1) is 18.3. The van der Waals surface area contributed by atoms with E-state index < -0.39 is 0 Å². The van der Waals surface area contributed by atoms with E-state index in [1.54, 1.807) is 6.07 Å². The first-order valence-corrected chi connectivity index (χ1v) is 9.49. The van der Waals surface area contributed by atoms with Crippen molar-refractivity contribution >= 4 is 35.1 Å². The highest BCUT2D eigenvalue weighted by atomic mass is 35.5. The molecule has 0 saturated carbocycles. The van der Waals surface area contributed by atoms with Crippen LogP contribution in [-0.2, 0) is 4.79 Å². The van der Waals surface area contributed by atoms with Crippen molar-refractivity contribution in [1.82, 2.24) is 15.3 Å². The lowest BCUT2D eigenvalue weighted by atomic mass is 9.99. The van der Waals surface area contributed by atoms with Crippen LogP contribution in [0.1, 0.15) is 33.6 Å². The van der Waals surface area contributed by atoms with Gasteiger partial charge in [0, 0.05) is 25.7 Å². The number of amides is 1. The third kappa shape index (κ3) is 6.18.